The molecule has 2 aromatic rings. The first kappa shape index (κ1) is 23.9. The zero-order valence-corrected chi connectivity index (χ0v) is 19.0. The van der Waals surface area contributed by atoms with E-state index in [9.17, 15) is 22.4 Å². The summed E-state index contributed by atoms with van der Waals surface area (Å²) in [4.78, 5) is 15.2. The molecule has 2 aliphatic rings. The molecule has 0 atom stereocenters. The molecule has 0 unspecified atom stereocenters. The van der Waals surface area contributed by atoms with Gasteiger partial charge in [0.1, 0.15) is 10.1 Å². The average molecular weight is 497 g/mol. The molecule has 0 bridgehead atoms. The molecule has 0 radical (unpaired) electrons. The van der Waals surface area contributed by atoms with E-state index in [1.165, 1.54) is 17.8 Å². The number of carbonyl (C=O) groups is 1. The molecule has 33 heavy (non-hydrogen) atoms. The fourth-order valence-electron chi connectivity index (χ4n) is 3.80. The summed E-state index contributed by atoms with van der Waals surface area (Å²) in [7, 11) is 0. The van der Waals surface area contributed by atoms with Crippen molar-refractivity contribution in [2.24, 2.45) is 0 Å². The number of halogens is 4. The minimum atomic E-state index is -4.79. The van der Waals surface area contributed by atoms with Gasteiger partial charge in [0.05, 0.1) is 23.7 Å². The molecule has 4 nitrogen and oxygen atoms in total. The summed E-state index contributed by atoms with van der Waals surface area (Å²) in [5.41, 5.74) is 0.896. The number of hydrogen-bond donors (Lipinski definition) is 1. The number of nitrogens with zero attached hydrogens (tertiary/aromatic N) is 1. The van der Waals surface area contributed by atoms with E-state index in [2.05, 4.69) is 10.2 Å². The lowest BCUT2D eigenvalue weighted by Gasteiger charge is -2.27. The van der Waals surface area contributed by atoms with Gasteiger partial charge in [0.15, 0.2) is 0 Å². The summed E-state index contributed by atoms with van der Waals surface area (Å²) in [6.07, 6.45) is -4.24. The smallest absolute Gasteiger partial charge is 0.379 e. The third kappa shape index (κ3) is 5.63. The Balaban J connectivity index is 1.70. The zero-order chi connectivity index (χ0) is 23.6. The number of nitrogens with one attached hydrogen (secondary N) is 1. The maximum atomic E-state index is 13.7. The Morgan fingerprint density at radius 1 is 1.12 bits per heavy atom. The van der Waals surface area contributed by atoms with Gasteiger partial charge in [-0.2, -0.15) is 13.2 Å². The Kier molecular flexibility index (Phi) is 7.18. The largest absolute Gasteiger partial charge is 0.419 e. The van der Waals surface area contributed by atoms with E-state index < -0.39 is 17.6 Å². The maximum absolute atomic E-state index is 13.7. The molecule has 0 aliphatic carbocycles. The van der Waals surface area contributed by atoms with Crippen LogP contribution < -0.4 is 5.32 Å². The highest BCUT2D eigenvalue weighted by atomic mass is 32.2. The van der Waals surface area contributed by atoms with E-state index in [-0.39, 0.29) is 11.5 Å². The summed E-state index contributed by atoms with van der Waals surface area (Å²) in [5, 5.41) is 2.63. The lowest BCUT2D eigenvalue weighted by molar-refractivity contribution is -0.140. The molecule has 1 amide bonds. The lowest BCUT2D eigenvalue weighted by Crippen LogP contribution is -2.37. The van der Waals surface area contributed by atoms with Gasteiger partial charge in [-0.1, -0.05) is 48.2 Å². The van der Waals surface area contributed by atoms with Crippen LogP contribution in [0.4, 0.5) is 17.6 Å². The van der Waals surface area contributed by atoms with Crippen LogP contribution in [0.1, 0.15) is 17.5 Å². The average Bonchev–Trinajstić information content (AvgIpc) is 3.12. The highest BCUT2D eigenvalue weighted by molar-refractivity contribution is 8.26. The SMILES string of the molecule is O=C1NC(=S)S/C1=C(/CCN1CCOCC1)c1cccc(-c2ccc(F)c(C(F)(F)F)c2)c1. The lowest BCUT2D eigenvalue weighted by atomic mass is 9.95. The minimum Gasteiger partial charge on any atom is -0.379 e. The van der Waals surface area contributed by atoms with Crippen LogP contribution in [-0.4, -0.2) is 48.0 Å². The first-order chi connectivity index (χ1) is 15.7. The second-order valence-corrected chi connectivity index (χ2v) is 9.32. The van der Waals surface area contributed by atoms with Crippen LogP contribution in [0.3, 0.4) is 0 Å². The number of rotatable bonds is 5. The summed E-state index contributed by atoms with van der Waals surface area (Å²) in [6.45, 7) is 3.56. The molecule has 0 saturated carbocycles. The second-order valence-electron chi connectivity index (χ2n) is 7.63. The number of carbonyl (C=O) groups excluding carboxylic acids is 1. The number of morpholine rings is 1. The number of thiocarbonyl (C=S) groups is 1. The number of thioether (sulfide) groups is 1. The van der Waals surface area contributed by atoms with Crippen molar-refractivity contribution in [2.75, 3.05) is 32.8 Å². The van der Waals surface area contributed by atoms with Gasteiger partial charge in [0, 0.05) is 19.6 Å². The van der Waals surface area contributed by atoms with Crippen molar-refractivity contribution in [2.45, 2.75) is 12.6 Å². The quantitative estimate of drug-likeness (QED) is 0.355. The van der Waals surface area contributed by atoms with Gasteiger partial charge in [-0.15, -0.1) is 0 Å². The zero-order valence-electron chi connectivity index (χ0n) is 17.4. The Morgan fingerprint density at radius 3 is 2.52 bits per heavy atom. The molecule has 1 N–H and O–H groups in total. The van der Waals surface area contributed by atoms with Crippen molar-refractivity contribution in [3.05, 3.63) is 64.3 Å². The molecular weight excluding hydrogens is 476 g/mol. The van der Waals surface area contributed by atoms with Crippen LogP contribution in [0.5, 0.6) is 0 Å². The van der Waals surface area contributed by atoms with Gasteiger partial charge in [-0.25, -0.2) is 4.39 Å². The van der Waals surface area contributed by atoms with E-state index in [0.29, 0.717) is 46.5 Å². The van der Waals surface area contributed by atoms with E-state index in [4.69, 9.17) is 17.0 Å². The number of hydrogen-bond acceptors (Lipinski definition) is 5. The monoisotopic (exact) mass is 496 g/mol. The molecular formula is C23H20F4N2O2S2. The Hall–Kier alpha value is -2.27. The van der Waals surface area contributed by atoms with E-state index in [1.54, 1.807) is 18.2 Å². The van der Waals surface area contributed by atoms with Gasteiger partial charge < -0.3 is 10.1 Å². The highest BCUT2D eigenvalue weighted by Crippen LogP contribution is 2.37. The van der Waals surface area contributed by atoms with Gasteiger partial charge >= 0.3 is 6.18 Å². The number of amides is 1. The molecule has 4 rings (SSSR count). The first-order valence-corrected chi connectivity index (χ1v) is 11.5. The molecule has 10 heteroatoms. The van der Waals surface area contributed by atoms with Gasteiger partial charge in [0.2, 0.25) is 0 Å². The van der Waals surface area contributed by atoms with Crippen LogP contribution in [0, 0.1) is 5.82 Å². The topological polar surface area (TPSA) is 41.6 Å². The van der Waals surface area contributed by atoms with Crippen molar-refractivity contribution in [3.8, 4) is 11.1 Å². The number of benzene rings is 2. The Bertz CT molecular complexity index is 1110. The van der Waals surface area contributed by atoms with E-state index in [0.717, 1.165) is 30.8 Å². The number of alkyl halides is 3. The summed E-state index contributed by atoms with van der Waals surface area (Å²) < 4.78 is 59.1. The van der Waals surface area contributed by atoms with Crippen molar-refractivity contribution >= 4 is 39.8 Å². The number of ether oxygens (including phenoxy) is 1. The Morgan fingerprint density at radius 2 is 1.85 bits per heavy atom. The molecule has 2 aliphatic heterocycles. The Labute approximate surface area is 198 Å². The van der Waals surface area contributed by atoms with Crippen molar-refractivity contribution in [3.63, 3.8) is 0 Å². The van der Waals surface area contributed by atoms with Crippen LogP contribution >= 0.6 is 24.0 Å². The maximum Gasteiger partial charge on any atom is 0.419 e. The van der Waals surface area contributed by atoms with Gasteiger partial charge in [0.25, 0.3) is 5.91 Å². The van der Waals surface area contributed by atoms with Gasteiger partial charge in [-0.05, 0) is 46.9 Å². The van der Waals surface area contributed by atoms with Gasteiger partial charge in [-0.3, -0.25) is 9.69 Å². The first-order valence-electron chi connectivity index (χ1n) is 10.3. The fraction of sp³-hybridized carbons (Fsp3) is 0.304. The predicted octanol–water partition coefficient (Wildman–Crippen LogP) is 5.09. The molecule has 2 saturated heterocycles. The standard InChI is InChI=1S/C23H20F4N2O2S2/c24-19-5-4-15(13-18(19)23(25,26)27)14-2-1-3-16(12-14)17(20-21(30)28-22(32)33-20)6-7-29-8-10-31-11-9-29/h1-5,12-13H,6-11H2,(H,28,30,32)/b20-17-. The minimum absolute atomic E-state index is 0.238. The van der Waals surface area contributed by atoms with Crippen molar-refractivity contribution < 1.29 is 27.1 Å². The van der Waals surface area contributed by atoms with E-state index >= 15 is 0 Å². The summed E-state index contributed by atoms with van der Waals surface area (Å²) in [5.74, 6) is -1.60. The van der Waals surface area contributed by atoms with Crippen molar-refractivity contribution in [1.82, 2.24) is 10.2 Å². The van der Waals surface area contributed by atoms with Crippen molar-refractivity contribution in [1.29, 1.82) is 0 Å². The van der Waals surface area contributed by atoms with E-state index in [1.807, 2.05) is 6.07 Å². The molecule has 0 aromatic heterocycles. The van der Waals surface area contributed by atoms with Crippen LogP contribution in [0.25, 0.3) is 16.7 Å². The molecule has 174 valence electrons. The second kappa shape index (κ2) is 9.92. The molecule has 0 spiro atoms. The normalized spacial score (nSPS) is 19.0. The third-order valence-electron chi connectivity index (χ3n) is 5.49. The summed E-state index contributed by atoms with van der Waals surface area (Å²) >= 11 is 6.32. The third-order valence-corrected chi connectivity index (χ3v) is 6.76. The molecule has 2 heterocycles. The van der Waals surface area contributed by atoms with Crippen LogP contribution in [0.15, 0.2) is 47.4 Å². The van der Waals surface area contributed by atoms with Crippen LogP contribution in [0.2, 0.25) is 0 Å². The molecule has 2 fully saturated rings. The highest BCUT2D eigenvalue weighted by Gasteiger charge is 2.34. The fourth-order valence-corrected chi connectivity index (χ4v) is 4.96. The predicted molar refractivity (Wildman–Crippen MR) is 124 cm³/mol. The summed E-state index contributed by atoms with van der Waals surface area (Å²) in [6, 6.07) is 9.86. The van der Waals surface area contributed by atoms with Crippen LogP contribution in [-0.2, 0) is 15.7 Å². The molecule has 2 aromatic carbocycles.